The van der Waals surface area contributed by atoms with Crippen molar-refractivity contribution in [2.45, 2.75) is 127 Å². The van der Waals surface area contributed by atoms with Crippen LogP contribution in [0, 0.1) is 34.6 Å². The second-order valence-electron chi connectivity index (χ2n) is 17.4. The summed E-state index contributed by atoms with van der Waals surface area (Å²) in [5, 5.41) is 67.1. The molecule has 7 aromatic rings. The van der Waals surface area contributed by atoms with Crippen molar-refractivity contribution < 1.29 is 40.9 Å². The molecule has 0 aliphatic carbocycles. The number of benzene rings is 7. The number of aromatic hydroxyl groups is 3. The van der Waals surface area contributed by atoms with E-state index < -0.39 is 17.8 Å². The zero-order valence-corrected chi connectivity index (χ0v) is 54.3. The fourth-order valence-corrected chi connectivity index (χ4v) is 4.90. The summed E-state index contributed by atoms with van der Waals surface area (Å²) in [4.78, 5) is 0. The third-order valence-corrected chi connectivity index (χ3v) is 9.95. The molecule has 0 aliphatic rings. The quantitative estimate of drug-likeness (QED) is 0.0244. The monoisotopic (exact) mass is 1170 g/mol. The highest BCUT2D eigenvalue weighted by Crippen LogP contribution is 2.25. The van der Waals surface area contributed by atoms with E-state index in [9.17, 15) is 0 Å². The number of aryl methyl sites for hydroxylation is 5. The van der Waals surface area contributed by atoms with Crippen molar-refractivity contribution in [3.05, 3.63) is 239 Å². The van der Waals surface area contributed by atoms with E-state index in [1.54, 1.807) is 32.2 Å². The number of allylic oxidation sites excluding steroid dienone is 2. The number of phenolic OH excluding ortho intramolecular Hbond substituents is 3. The summed E-state index contributed by atoms with van der Waals surface area (Å²) in [7, 11) is 5.15. The van der Waals surface area contributed by atoms with Gasteiger partial charge in [0, 0.05) is 19.9 Å². The van der Waals surface area contributed by atoms with E-state index in [-0.39, 0.29) is 11.5 Å². The molecule has 12 nitrogen and oxygen atoms in total. The number of aliphatic hydroxyl groups excluding tert-OH is 4. The summed E-state index contributed by atoms with van der Waals surface area (Å²) < 4.78 is 0. The summed E-state index contributed by atoms with van der Waals surface area (Å²) in [6, 6.07) is 60.6. The van der Waals surface area contributed by atoms with Gasteiger partial charge in [0.15, 0.2) is 11.5 Å². The van der Waals surface area contributed by atoms with Crippen molar-refractivity contribution in [3.63, 3.8) is 0 Å². The number of nitrogen functional groups attached to an aromatic ring is 1. The van der Waals surface area contributed by atoms with Crippen LogP contribution in [0.5, 0.6) is 17.2 Å². The first-order chi connectivity index (χ1) is 39.6. The van der Waals surface area contributed by atoms with E-state index in [0.717, 1.165) is 44.1 Å². The molecule has 0 aromatic heterocycles. The number of hydrazine groups is 1. The van der Waals surface area contributed by atoms with Crippen LogP contribution in [0.1, 0.15) is 114 Å². The van der Waals surface area contributed by atoms with Crippen molar-refractivity contribution in [2.24, 2.45) is 11.6 Å². The third kappa shape index (κ3) is 69.4. The van der Waals surface area contributed by atoms with Crippen LogP contribution < -0.4 is 22.7 Å². The lowest BCUT2D eigenvalue weighted by molar-refractivity contribution is 0.0294. The van der Waals surface area contributed by atoms with Gasteiger partial charge in [0.1, 0.15) is 5.75 Å². The maximum absolute atomic E-state index is 9.13. The average molecular weight is 1170 g/mol. The van der Waals surface area contributed by atoms with Gasteiger partial charge in [-0.15, -0.1) is 0 Å². The lowest BCUT2D eigenvalue weighted by atomic mass is 10.0. The van der Waals surface area contributed by atoms with E-state index in [2.05, 4.69) is 105 Å². The maximum Gasteiger partial charge on any atom is 0.157 e. The van der Waals surface area contributed by atoms with Crippen molar-refractivity contribution in [1.29, 1.82) is 0 Å². The van der Waals surface area contributed by atoms with Gasteiger partial charge in [0.25, 0.3) is 0 Å². The summed E-state index contributed by atoms with van der Waals surface area (Å²) in [6.07, 6.45) is 9.04. The standard InChI is InChI=1S/C9H10O2.C9H10.C7H9N.C7H8O.3C7H8.C6H14O.C5H12O2.C2H6S.CH6N2.CH5N.2CH4O/c1-2-3-7-4-5-8(10)9(11)6-7;1-2-6-9-7-4-3-5-8-9;2*1-6-2-4-7(8)5-3-6;3*1-7-5-3-2-4-6-7;1-4-6(3,7)5-2;1-3-5(7)4(2)6;1-2-3;1-3-2;3*1-2/h2-6,10-11H,1H3;2-8H,1H3;2-5H,8H2,1H3;2-5,8H,1H3;3*2-6H,1H3;7H,4-5H2,1-3H3;4-7H,3H2,1-2H3;2*3H,2H2,1H3;2H2,1H3;2*2H,1H3/b3-2+;6-2+;;;;;;;;;;;;. The van der Waals surface area contributed by atoms with Gasteiger partial charge in [-0.2, -0.15) is 12.6 Å². The molecule has 83 heavy (non-hydrogen) atoms. The predicted molar refractivity (Wildman–Crippen MR) is 366 cm³/mol. The van der Waals surface area contributed by atoms with E-state index in [1.165, 1.54) is 52.6 Å². The van der Waals surface area contributed by atoms with E-state index in [0.29, 0.717) is 12.2 Å². The Kier molecular flexibility index (Phi) is 73.5. The number of rotatable bonds is 6. The Morgan fingerprint density at radius 2 is 0.795 bits per heavy atom. The van der Waals surface area contributed by atoms with Crippen LogP contribution in [0.15, 0.2) is 200 Å². The smallest absolute Gasteiger partial charge is 0.157 e. The summed E-state index contributed by atoms with van der Waals surface area (Å²) in [5.74, 6) is 5.70. The highest BCUT2D eigenvalue weighted by Gasteiger charge is 2.12. The number of hydrogen-bond donors (Lipinski definition) is 13. The molecule has 2 atom stereocenters. The summed E-state index contributed by atoms with van der Waals surface area (Å²) in [6.45, 7) is 25.4. The Morgan fingerprint density at radius 1 is 0.506 bits per heavy atom. The van der Waals surface area contributed by atoms with Crippen molar-refractivity contribution >= 4 is 30.5 Å². The number of anilines is 1. The van der Waals surface area contributed by atoms with Gasteiger partial charge in [-0.25, -0.2) is 0 Å². The van der Waals surface area contributed by atoms with E-state index in [4.69, 9.17) is 46.6 Å². The fourth-order valence-electron chi connectivity index (χ4n) is 4.90. The molecule has 0 heterocycles. The Bertz CT molecular complexity index is 2200. The van der Waals surface area contributed by atoms with Crippen LogP contribution >= 0.6 is 12.6 Å². The highest BCUT2D eigenvalue weighted by molar-refractivity contribution is 7.80. The topological polar surface area (TPSA) is 252 Å². The predicted octanol–water partition coefficient (Wildman–Crippen LogP) is 14.6. The zero-order valence-electron chi connectivity index (χ0n) is 53.4. The number of aliphatic hydroxyl groups is 5. The van der Waals surface area contributed by atoms with Crippen molar-refractivity contribution in [1.82, 2.24) is 5.43 Å². The molecule has 7 rings (SSSR count). The van der Waals surface area contributed by atoms with E-state index >= 15 is 0 Å². The van der Waals surface area contributed by atoms with Gasteiger partial charge in [0.05, 0.1) is 17.8 Å². The largest absolute Gasteiger partial charge is 0.508 e. The van der Waals surface area contributed by atoms with Crippen molar-refractivity contribution in [2.75, 3.05) is 39.8 Å². The van der Waals surface area contributed by atoms with Gasteiger partial charge in [0.2, 0.25) is 0 Å². The van der Waals surface area contributed by atoms with Crippen LogP contribution in [0.25, 0.3) is 12.2 Å². The second kappa shape index (κ2) is 67.8. The molecule has 0 spiro atoms. The van der Waals surface area contributed by atoms with E-state index in [1.807, 2.05) is 190 Å². The van der Waals surface area contributed by atoms with Crippen LogP contribution in [-0.2, 0) is 0 Å². The molecule has 0 saturated heterocycles. The molecule has 466 valence electrons. The molecule has 0 fully saturated rings. The van der Waals surface area contributed by atoms with Crippen molar-refractivity contribution in [3.8, 4) is 17.2 Å². The van der Waals surface area contributed by atoms with Gasteiger partial charge in [-0.3, -0.25) is 11.3 Å². The van der Waals surface area contributed by atoms with Crippen LogP contribution in [0.3, 0.4) is 0 Å². The highest BCUT2D eigenvalue weighted by atomic mass is 32.1. The number of thiol groups is 1. The molecule has 0 aliphatic heterocycles. The first-order valence-corrected chi connectivity index (χ1v) is 28.2. The number of hydrogen-bond acceptors (Lipinski definition) is 13. The molecule has 7 aromatic carbocycles. The molecule has 0 radical (unpaired) electrons. The van der Waals surface area contributed by atoms with Gasteiger partial charge in [-0.05, 0) is 149 Å². The fraction of sp³-hybridized carbons (Fsp3) is 0.343. The second-order valence-corrected chi connectivity index (χ2v) is 18.0. The van der Waals surface area contributed by atoms with Crippen LogP contribution in [-0.4, -0.2) is 92.7 Å². The Balaban J connectivity index is -0.000000153. The molecule has 15 N–H and O–H groups in total. The Morgan fingerprint density at radius 3 is 1.00 bits per heavy atom. The first-order valence-electron chi connectivity index (χ1n) is 27.6. The Hall–Kier alpha value is -6.75. The third-order valence-electron chi connectivity index (χ3n) is 9.95. The first kappa shape index (κ1) is 90.0. The normalized spacial score (nSPS) is 9.75. The minimum Gasteiger partial charge on any atom is -0.508 e. The molecular formula is C70H112N4O8S. The minimum atomic E-state index is -0.579. The lowest BCUT2D eigenvalue weighted by Gasteiger charge is -2.17. The number of phenols is 3. The molecule has 0 amide bonds. The van der Waals surface area contributed by atoms with Gasteiger partial charge >= 0.3 is 0 Å². The number of nitrogens with one attached hydrogen (secondary N) is 1. The molecule has 2 unspecified atom stereocenters. The average Bonchev–Trinajstić information content (AvgIpc) is 3.50. The summed E-state index contributed by atoms with van der Waals surface area (Å²) >= 11 is 3.79. The van der Waals surface area contributed by atoms with Crippen LogP contribution in [0.2, 0.25) is 0 Å². The zero-order chi connectivity index (χ0) is 65.3. The van der Waals surface area contributed by atoms with Crippen LogP contribution in [0.4, 0.5) is 5.69 Å². The van der Waals surface area contributed by atoms with Gasteiger partial charge < -0.3 is 52.3 Å². The molecule has 0 saturated carbocycles. The SMILES string of the molecule is C/C=C/c1ccc(O)c(O)c1.C/C=C/c1ccccc1.CCC(C)(O)CC.CCC(O)C(C)O.CCS.CN.CNN.CO.CO.Cc1ccc(N)cc1.Cc1ccc(O)cc1.Cc1ccccc1.Cc1ccccc1.Cc1ccccc1. The van der Waals surface area contributed by atoms with Gasteiger partial charge in [-0.1, -0.05) is 231 Å². The number of nitrogens with two attached hydrogens (primary N) is 3. The molecule has 0 bridgehead atoms. The molecular weight excluding hydrogens is 1060 g/mol. The lowest BCUT2D eigenvalue weighted by Crippen LogP contribution is -2.20. The summed E-state index contributed by atoms with van der Waals surface area (Å²) in [5.41, 5.74) is 21.1. The maximum atomic E-state index is 9.13. The Labute approximate surface area is 509 Å². The minimum absolute atomic E-state index is 0.0828. The molecule has 13 heteroatoms.